The Labute approximate surface area is 92.4 Å². The summed E-state index contributed by atoms with van der Waals surface area (Å²) in [4.78, 5) is 0. The zero-order valence-corrected chi connectivity index (χ0v) is 9.95. The van der Waals surface area contributed by atoms with E-state index < -0.39 is 0 Å². The Morgan fingerprint density at radius 2 is 1.93 bits per heavy atom. The Morgan fingerprint density at radius 1 is 1.20 bits per heavy atom. The fourth-order valence-corrected chi connectivity index (χ4v) is 1.15. The molecule has 0 amide bonds. The average molecular weight is 214 g/mol. The van der Waals surface area contributed by atoms with Crippen LogP contribution in [-0.4, -0.2) is 32.2 Å². The number of ether oxygens (including phenoxy) is 2. The van der Waals surface area contributed by atoms with Crippen LogP contribution in [0.25, 0.3) is 0 Å². The molecule has 0 aliphatic carbocycles. The van der Waals surface area contributed by atoms with Gasteiger partial charge in [0.1, 0.15) is 6.79 Å². The first kappa shape index (κ1) is 14.4. The van der Waals surface area contributed by atoms with Crippen molar-refractivity contribution in [2.75, 3.05) is 27.1 Å². The molecule has 0 unspecified atom stereocenters. The maximum Gasteiger partial charge on any atom is 0.146 e. The van der Waals surface area contributed by atoms with Crippen molar-refractivity contribution in [3.8, 4) is 0 Å². The van der Waals surface area contributed by atoms with Crippen molar-refractivity contribution in [3.05, 3.63) is 23.3 Å². The number of allylic oxidation sites excluding steroid dienone is 2. The smallest absolute Gasteiger partial charge is 0.146 e. The van der Waals surface area contributed by atoms with Crippen LogP contribution >= 0.6 is 0 Å². The minimum absolute atomic E-state index is 0.130. The average Bonchev–Trinajstić information content (AvgIpc) is 2.18. The minimum Gasteiger partial charge on any atom is -0.392 e. The lowest BCUT2D eigenvalue weighted by atomic mass is 10.1. The van der Waals surface area contributed by atoms with Crippen LogP contribution in [0.4, 0.5) is 0 Å². The molecule has 3 nitrogen and oxygen atoms in total. The highest BCUT2D eigenvalue weighted by atomic mass is 16.7. The summed E-state index contributed by atoms with van der Waals surface area (Å²) in [5, 5.41) is 8.66. The summed E-state index contributed by atoms with van der Waals surface area (Å²) >= 11 is 0. The van der Waals surface area contributed by atoms with Gasteiger partial charge in [-0.1, -0.05) is 23.3 Å². The van der Waals surface area contributed by atoms with Gasteiger partial charge in [0.15, 0.2) is 0 Å². The van der Waals surface area contributed by atoms with Gasteiger partial charge < -0.3 is 14.6 Å². The monoisotopic (exact) mass is 214 g/mol. The van der Waals surface area contributed by atoms with Gasteiger partial charge in [0.25, 0.3) is 0 Å². The first-order valence-corrected chi connectivity index (χ1v) is 5.19. The molecule has 0 aromatic rings. The summed E-state index contributed by atoms with van der Waals surface area (Å²) < 4.78 is 9.99. The first-order valence-electron chi connectivity index (χ1n) is 5.19. The number of methoxy groups -OCH3 is 1. The molecule has 0 fully saturated rings. The van der Waals surface area contributed by atoms with Crippen molar-refractivity contribution in [1.29, 1.82) is 0 Å². The van der Waals surface area contributed by atoms with E-state index >= 15 is 0 Å². The molecule has 0 radical (unpaired) electrons. The second-order valence-electron chi connectivity index (χ2n) is 3.58. The highest BCUT2D eigenvalue weighted by molar-refractivity contribution is 5.03. The molecular weight excluding hydrogens is 192 g/mol. The molecule has 15 heavy (non-hydrogen) atoms. The molecule has 0 saturated heterocycles. The molecule has 0 atom stereocenters. The van der Waals surface area contributed by atoms with E-state index in [1.54, 1.807) is 7.11 Å². The number of rotatable bonds is 8. The van der Waals surface area contributed by atoms with E-state index in [-0.39, 0.29) is 6.61 Å². The third-order valence-electron chi connectivity index (χ3n) is 2.00. The molecule has 0 aromatic carbocycles. The fraction of sp³-hybridized carbons (Fsp3) is 0.667. The van der Waals surface area contributed by atoms with E-state index in [0.29, 0.717) is 13.4 Å². The van der Waals surface area contributed by atoms with Gasteiger partial charge >= 0.3 is 0 Å². The summed E-state index contributed by atoms with van der Waals surface area (Å²) in [7, 11) is 1.61. The van der Waals surface area contributed by atoms with Crippen LogP contribution in [0.3, 0.4) is 0 Å². The van der Waals surface area contributed by atoms with Crippen molar-refractivity contribution in [1.82, 2.24) is 0 Å². The van der Waals surface area contributed by atoms with Gasteiger partial charge in [0.2, 0.25) is 0 Å². The normalized spacial score (nSPS) is 13.3. The van der Waals surface area contributed by atoms with Gasteiger partial charge in [-0.25, -0.2) is 0 Å². The zero-order valence-electron chi connectivity index (χ0n) is 9.95. The number of hydrogen-bond acceptors (Lipinski definition) is 3. The fourth-order valence-electron chi connectivity index (χ4n) is 1.15. The summed E-state index contributed by atoms with van der Waals surface area (Å²) in [6.07, 6.45) is 5.97. The Bertz CT molecular complexity index is 207. The Hall–Kier alpha value is -0.640. The summed E-state index contributed by atoms with van der Waals surface area (Å²) in [6, 6.07) is 0. The number of aliphatic hydroxyl groups excluding tert-OH is 1. The predicted octanol–water partition coefficient (Wildman–Crippen LogP) is 2.27. The molecule has 0 heterocycles. The predicted molar refractivity (Wildman–Crippen MR) is 61.7 cm³/mol. The third-order valence-corrected chi connectivity index (χ3v) is 2.00. The zero-order chi connectivity index (χ0) is 11.5. The summed E-state index contributed by atoms with van der Waals surface area (Å²) in [5.74, 6) is 0. The van der Waals surface area contributed by atoms with E-state index in [2.05, 4.69) is 6.08 Å². The highest BCUT2D eigenvalue weighted by Crippen LogP contribution is 2.06. The maximum absolute atomic E-state index is 8.66. The summed E-state index contributed by atoms with van der Waals surface area (Å²) in [5.41, 5.74) is 2.43. The lowest BCUT2D eigenvalue weighted by Gasteiger charge is -2.03. The molecule has 0 aliphatic rings. The van der Waals surface area contributed by atoms with Crippen LogP contribution in [0.2, 0.25) is 0 Å². The SMILES string of the molecule is COCOCC(C)=CCCC(C)=CCO. The van der Waals surface area contributed by atoms with Gasteiger partial charge in [-0.15, -0.1) is 0 Å². The van der Waals surface area contributed by atoms with Crippen LogP contribution in [0.1, 0.15) is 26.7 Å². The maximum atomic E-state index is 8.66. The number of aliphatic hydroxyl groups is 1. The van der Waals surface area contributed by atoms with Crippen LogP contribution in [0.5, 0.6) is 0 Å². The van der Waals surface area contributed by atoms with Gasteiger partial charge in [-0.05, 0) is 26.7 Å². The Kier molecular flexibility index (Phi) is 9.48. The van der Waals surface area contributed by atoms with Gasteiger partial charge in [0, 0.05) is 7.11 Å². The van der Waals surface area contributed by atoms with E-state index in [1.807, 2.05) is 19.9 Å². The van der Waals surface area contributed by atoms with Crippen molar-refractivity contribution in [3.63, 3.8) is 0 Å². The second kappa shape index (κ2) is 9.90. The van der Waals surface area contributed by atoms with Crippen LogP contribution < -0.4 is 0 Å². The minimum atomic E-state index is 0.130. The molecule has 3 heteroatoms. The van der Waals surface area contributed by atoms with Gasteiger partial charge in [0.05, 0.1) is 13.2 Å². The lowest BCUT2D eigenvalue weighted by molar-refractivity contribution is -0.0211. The van der Waals surface area contributed by atoms with E-state index in [9.17, 15) is 0 Å². The quantitative estimate of drug-likeness (QED) is 0.383. The molecule has 1 N–H and O–H groups in total. The van der Waals surface area contributed by atoms with Gasteiger partial charge in [-0.2, -0.15) is 0 Å². The van der Waals surface area contributed by atoms with Crippen molar-refractivity contribution in [2.45, 2.75) is 26.7 Å². The van der Waals surface area contributed by atoms with Crippen molar-refractivity contribution in [2.24, 2.45) is 0 Å². The van der Waals surface area contributed by atoms with E-state index in [4.69, 9.17) is 14.6 Å². The second-order valence-corrected chi connectivity index (χ2v) is 3.58. The van der Waals surface area contributed by atoms with E-state index in [1.165, 1.54) is 11.1 Å². The molecule has 0 bridgehead atoms. The standard InChI is InChI=1S/C12H22O3/c1-11(7-8-13)5-4-6-12(2)9-15-10-14-3/h6-7,13H,4-5,8-10H2,1-3H3. The third kappa shape index (κ3) is 9.66. The molecule has 0 aliphatic heterocycles. The molecular formula is C12H22O3. The Morgan fingerprint density at radius 3 is 2.53 bits per heavy atom. The first-order chi connectivity index (χ1) is 7.20. The lowest BCUT2D eigenvalue weighted by Crippen LogP contribution is -1.99. The van der Waals surface area contributed by atoms with E-state index in [0.717, 1.165) is 12.8 Å². The molecule has 0 aromatic heterocycles. The Balaban J connectivity index is 3.62. The molecule has 0 saturated carbocycles. The number of hydrogen-bond donors (Lipinski definition) is 1. The van der Waals surface area contributed by atoms with Crippen LogP contribution in [0, 0.1) is 0 Å². The molecule has 0 spiro atoms. The summed E-state index contributed by atoms with van der Waals surface area (Å²) in [6.45, 7) is 5.16. The van der Waals surface area contributed by atoms with Gasteiger partial charge in [-0.3, -0.25) is 0 Å². The van der Waals surface area contributed by atoms with Crippen LogP contribution in [-0.2, 0) is 9.47 Å². The molecule has 88 valence electrons. The highest BCUT2D eigenvalue weighted by Gasteiger charge is 1.91. The van der Waals surface area contributed by atoms with Crippen LogP contribution in [0.15, 0.2) is 23.3 Å². The largest absolute Gasteiger partial charge is 0.392 e. The topological polar surface area (TPSA) is 38.7 Å². The van der Waals surface area contributed by atoms with Crippen molar-refractivity contribution >= 4 is 0 Å². The molecule has 0 rings (SSSR count). The van der Waals surface area contributed by atoms with Crippen molar-refractivity contribution < 1.29 is 14.6 Å².